The van der Waals surface area contributed by atoms with Gasteiger partial charge in [0.05, 0.1) is 0 Å². The van der Waals surface area contributed by atoms with Crippen molar-refractivity contribution in [2.75, 3.05) is 11.9 Å². The summed E-state index contributed by atoms with van der Waals surface area (Å²) in [5.74, 6) is -0.0348. The van der Waals surface area contributed by atoms with Crippen molar-refractivity contribution < 1.29 is 9.59 Å². The molecule has 1 aliphatic rings. The summed E-state index contributed by atoms with van der Waals surface area (Å²) in [7, 11) is 0. The molecule has 5 heteroatoms. The molecule has 2 amide bonds. The summed E-state index contributed by atoms with van der Waals surface area (Å²) in [5.41, 5.74) is 3.81. The third-order valence-electron chi connectivity index (χ3n) is 3.87. The molecule has 118 valence electrons. The first-order valence-electron chi connectivity index (χ1n) is 7.57. The highest BCUT2D eigenvalue weighted by atomic mass is 35.5. The molecule has 0 fully saturated rings. The van der Waals surface area contributed by atoms with Crippen LogP contribution < -0.4 is 10.6 Å². The largest absolute Gasteiger partial charge is 0.352 e. The van der Waals surface area contributed by atoms with E-state index in [4.69, 9.17) is 11.6 Å². The second-order valence-corrected chi connectivity index (χ2v) is 5.99. The number of carbonyl (C=O) groups is 2. The van der Waals surface area contributed by atoms with Gasteiger partial charge in [-0.1, -0.05) is 23.7 Å². The van der Waals surface area contributed by atoms with E-state index in [0.29, 0.717) is 23.6 Å². The van der Waals surface area contributed by atoms with Crippen LogP contribution in [0.25, 0.3) is 0 Å². The standard InChI is InChI=1S/C18H17ClN2O2/c19-15-5-2-13(3-6-15)18(23)20-10-9-12-1-7-16-14(11-12)4-8-17(22)21-16/h1-3,5-7,11H,4,8-10H2,(H,20,23)(H,21,22). The van der Waals surface area contributed by atoms with Gasteiger partial charge in [-0.25, -0.2) is 0 Å². The van der Waals surface area contributed by atoms with E-state index >= 15 is 0 Å². The molecule has 0 unspecified atom stereocenters. The molecule has 0 atom stereocenters. The molecule has 4 nitrogen and oxygen atoms in total. The van der Waals surface area contributed by atoms with E-state index in [-0.39, 0.29) is 11.8 Å². The average molecular weight is 329 g/mol. The number of carbonyl (C=O) groups excluding carboxylic acids is 2. The number of rotatable bonds is 4. The Balaban J connectivity index is 1.55. The van der Waals surface area contributed by atoms with Crippen LogP contribution in [0.3, 0.4) is 0 Å². The maximum absolute atomic E-state index is 12.0. The zero-order valence-corrected chi connectivity index (χ0v) is 13.3. The number of nitrogens with one attached hydrogen (secondary N) is 2. The Hall–Kier alpha value is -2.33. The highest BCUT2D eigenvalue weighted by molar-refractivity contribution is 6.30. The lowest BCUT2D eigenvalue weighted by Gasteiger charge is -2.17. The normalized spacial score (nSPS) is 13.2. The maximum atomic E-state index is 12.0. The lowest BCUT2D eigenvalue weighted by atomic mass is 9.99. The number of aryl methyl sites for hydroxylation is 1. The summed E-state index contributed by atoms with van der Waals surface area (Å²) >= 11 is 5.81. The van der Waals surface area contributed by atoms with Crippen molar-refractivity contribution in [3.8, 4) is 0 Å². The maximum Gasteiger partial charge on any atom is 0.251 e. The van der Waals surface area contributed by atoms with Crippen LogP contribution in [0.4, 0.5) is 5.69 Å². The SMILES string of the molecule is O=C1CCc2cc(CCNC(=O)c3ccc(Cl)cc3)ccc2N1. The predicted molar refractivity (Wildman–Crippen MR) is 90.9 cm³/mol. The number of halogens is 1. The molecule has 2 aromatic rings. The highest BCUT2D eigenvalue weighted by Gasteiger charge is 2.14. The summed E-state index contributed by atoms with van der Waals surface area (Å²) in [6.45, 7) is 0.562. The molecule has 1 heterocycles. The Bertz CT molecular complexity index is 741. The van der Waals surface area contributed by atoms with E-state index < -0.39 is 0 Å². The van der Waals surface area contributed by atoms with Crippen LogP contribution in [0.2, 0.25) is 5.02 Å². The van der Waals surface area contributed by atoms with Crippen molar-refractivity contribution in [3.05, 3.63) is 64.2 Å². The Kier molecular flexibility index (Phi) is 4.63. The lowest BCUT2D eigenvalue weighted by molar-refractivity contribution is -0.116. The molecular formula is C18H17ClN2O2. The fourth-order valence-corrected chi connectivity index (χ4v) is 2.74. The van der Waals surface area contributed by atoms with E-state index in [0.717, 1.165) is 29.7 Å². The number of hydrogen-bond donors (Lipinski definition) is 2. The molecule has 23 heavy (non-hydrogen) atoms. The van der Waals surface area contributed by atoms with Crippen molar-refractivity contribution >= 4 is 29.1 Å². The average Bonchev–Trinajstić information content (AvgIpc) is 2.55. The topological polar surface area (TPSA) is 58.2 Å². The second-order valence-electron chi connectivity index (χ2n) is 5.55. The summed E-state index contributed by atoms with van der Waals surface area (Å²) in [6.07, 6.45) is 2.05. The van der Waals surface area contributed by atoms with Crippen molar-refractivity contribution in [2.45, 2.75) is 19.3 Å². The smallest absolute Gasteiger partial charge is 0.251 e. The number of amides is 2. The number of anilines is 1. The number of hydrogen-bond acceptors (Lipinski definition) is 2. The van der Waals surface area contributed by atoms with Crippen molar-refractivity contribution in [3.63, 3.8) is 0 Å². The van der Waals surface area contributed by atoms with Crippen molar-refractivity contribution in [1.29, 1.82) is 0 Å². The molecule has 1 aliphatic heterocycles. The van der Waals surface area contributed by atoms with E-state index in [9.17, 15) is 9.59 Å². The second kappa shape index (κ2) is 6.84. The molecule has 0 bridgehead atoms. The first-order valence-corrected chi connectivity index (χ1v) is 7.95. The molecule has 2 N–H and O–H groups in total. The number of fused-ring (bicyclic) bond motifs is 1. The first-order chi connectivity index (χ1) is 11.1. The van der Waals surface area contributed by atoms with Crippen LogP contribution in [0.5, 0.6) is 0 Å². The summed E-state index contributed by atoms with van der Waals surface area (Å²) < 4.78 is 0. The molecule has 0 spiro atoms. The minimum Gasteiger partial charge on any atom is -0.352 e. The van der Waals surface area contributed by atoms with E-state index in [2.05, 4.69) is 16.7 Å². The van der Waals surface area contributed by atoms with Gasteiger partial charge in [0.2, 0.25) is 5.91 Å². The van der Waals surface area contributed by atoms with E-state index in [1.807, 2.05) is 12.1 Å². The van der Waals surface area contributed by atoms with Gasteiger partial charge in [-0.3, -0.25) is 9.59 Å². The quantitative estimate of drug-likeness (QED) is 0.905. The van der Waals surface area contributed by atoms with Crippen molar-refractivity contribution in [2.24, 2.45) is 0 Å². The Morgan fingerprint density at radius 1 is 1.13 bits per heavy atom. The summed E-state index contributed by atoms with van der Waals surface area (Å²) in [4.78, 5) is 23.4. The van der Waals surface area contributed by atoms with Gasteiger partial charge in [0, 0.05) is 29.2 Å². The lowest BCUT2D eigenvalue weighted by Crippen LogP contribution is -2.25. The van der Waals surface area contributed by atoms with Gasteiger partial charge in [0.15, 0.2) is 0 Å². The van der Waals surface area contributed by atoms with Gasteiger partial charge >= 0.3 is 0 Å². The van der Waals surface area contributed by atoms with Crippen LogP contribution in [0.1, 0.15) is 27.9 Å². The highest BCUT2D eigenvalue weighted by Crippen LogP contribution is 2.23. The van der Waals surface area contributed by atoms with Gasteiger partial charge in [-0.05, 0) is 54.3 Å². The van der Waals surface area contributed by atoms with Crippen LogP contribution in [0.15, 0.2) is 42.5 Å². The minimum absolute atomic E-state index is 0.0699. The molecule has 3 rings (SSSR count). The predicted octanol–water partition coefficient (Wildman–Crippen LogP) is 3.20. The van der Waals surface area contributed by atoms with Gasteiger partial charge in [-0.15, -0.1) is 0 Å². The Morgan fingerprint density at radius 3 is 2.70 bits per heavy atom. The minimum atomic E-state index is -0.105. The number of benzene rings is 2. The zero-order chi connectivity index (χ0) is 16.2. The molecule has 0 radical (unpaired) electrons. The first kappa shape index (κ1) is 15.6. The van der Waals surface area contributed by atoms with Gasteiger partial charge in [0.25, 0.3) is 5.91 Å². The summed E-state index contributed by atoms with van der Waals surface area (Å²) in [6, 6.07) is 12.8. The third-order valence-corrected chi connectivity index (χ3v) is 4.12. The molecular weight excluding hydrogens is 312 g/mol. The Labute approximate surface area is 139 Å². The van der Waals surface area contributed by atoms with E-state index in [1.165, 1.54) is 0 Å². The summed E-state index contributed by atoms with van der Waals surface area (Å²) in [5, 5.41) is 6.38. The molecule has 2 aromatic carbocycles. The van der Waals surface area contributed by atoms with Gasteiger partial charge < -0.3 is 10.6 Å². The monoisotopic (exact) mass is 328 g/mol. The van der Waals surface area contributed by atoms with Crippen LogP contribution >= 0.6 is 11.6 Å². The van der Waals surface area contributed by atoms with E-state index in [1.54, 1.807) is 24.3 Å². The van der Waals surface area contributed by atoms with Crippen molar-refractivity contribution in [1.82, 2.24) is 5.32 Å². The fraction of sp³-hybridized carbons (Fsp3) is 0.222. The van der Waals surface area contributed by atoms with Crippen LogP contribution in [-0.4, -0.2) is 18.4 Å². The van der Waals surface area contributed by atoms with Gasteiger partial charge in [-0.2, -0.15) is 0 Å². The fourth-order valence-electron chi connectivity index (χ4n) is 2.62. The van der Waals surface area contributed by atoms with Crippen LogP contribution in [0, 0.1) is 0 Å². The molecule has 0 aromatic heterocycles. The molecule has 0 aliphatic carbocycles. The zero-order valence-electron chi connectivity index (χ0n) is 12.6. The molecule has 0 saturated carbocycles. The van der Waals surface area contributed by atoms with Gasteiger partial charge in [0.1, 0.15) is 0 Å². The third kappa shape index (κ3) is 3.90. The van der Waals surface area contributed by atoms with Crippen LogP contribution in [-0.2, 0) is 17.6 Å². The Morgan fingerprint density at radius 2 is 1.91 bits per heavy atom. The molecule has 0 saturated heterocycles.